The zero-order chi connectivity index (χ0) is 26.8. The Labute approximate surface area is 225 Å². The van der Waals surface area contributed by atoms with Crippen LogP contribution in [0.15, 0.2) is 78.9 Å². The number of hydrogen-bond acceptors (Lipinski definition) is 3. The van der Waals surface area contributed by atoms with Gasteiger partial charge in [0.1, 0.15) is 11.8 Å². The molecule has 0 spiro atoms. The van der Waals surface area contributed by atoms with Gasteiger partial charge < -0.3 is 15.0 Å². The molecule has 2 atom stereocenters. The average Bonchev–Trinajstić information content (AvgIpc) is 2.90. The first-order chi connectivity index (χ1) is 17.8. The second-order valence-corrected chi connectivity index (χ2v) is 10.1. The summed E-state index contributed by atoms with van der Waals surface area (Å²) in [4.78, 5) is 28.8. The fraction of sp³-hybridized carbons (Fsp3) is 0.355. The van der Waals surface area contributed by atoms with Gasteiger partial charge in [-0.15, -0.1) is 0 Å². The van der Waals surface area contributed by atoms with Crippen molar-refractivity contribution in [3.05, 3.63) is 101 Å². The number of carbonyl (C=O) groups is 2. The van der Waals surface area contributed by atoms with Crippen LogP contribution in [0.2, 0.25) is 5.02 Å². The first kappa shape index (κ1) is 28.3. The number of carbonyl (C=O) groups excluding carboxylic acids is 2. The fourth-order valence-corrected chi connectivity index (χ4v) is 4.18. The predicted octanol–water partition coefficient (Wildman–Crippen LogP) is 6.40. The van der Waals surface area contributed by atoms with Crippen LogP contribution in [0.25, 0.3) is 0 Å². The molecule has 0 fully saturated rings. The third kappa shape index (κ3) is 8.36. The molecule has 37 heavy (non-hydrogen) atoms. The Morgan fingerprint density at radius 1 is 0.919 bits per heavy atom. The molecule has 2 amide bonds. The van der Waals surface area contributed by atoms with Crippen LogP contribution in [0, 0.1) is 0 Å². The monoisotopic (exact) mass is 520 g/mol. The molecule has 0 aliphatic heterocycles. The van der Waals surface area contributed by atoms with Gasteiger partial charge in [0.05, 0.1) is 0 Å². The topological polar surface area (TPSA) is 58.6 Å². The Balaban J connectivity index is 1.90. The summed E-state index contributed by atoms with van der Waals surface area (Å²) in [6.45, 7) is 8.24. The van der Waals surface area contributed by atoms with Crippen LogP contribution in [-0.4, -0.2) is 35.4 Å². The average molecular weight is 521 g/mol. The molecule has 0 unspecified atom stereocenters. The van der Waals surface area contributed by atoms with Crippen LogP contribution >= 0.6 is 11.6 Å². The minimum Gasteiger partial charge on any atom is -0.484 e. The number of benzene rings is 3. The Bertz CT molecular complexity index is 1150. The van der Waals surface area contributed by atoms with E-state index in [1.165, 1.54) is 5.56 Å². The zero-order valence-electron chi connectivity index (χ0n) is 22.1. The molecule has 3 aromatic carbocycles. The number of rotatable bonds is 12. The first-order valence-electron chi connectivity index (χ1n) is 12.9. The second-order valence-electron chi connectivity index (χ2n) is 9.65. The Hall–Kier alpha value is -3.31. The third-order valence-electron chi connectivity index (χ3n) is 6.48. The minimum atomic E-state index is -0.730. The molecule has 0 saturated carbocycles. The van der Waals surface area contributed by atoms with E-state index in [1.54, 1.807) is 11.0 Å². The van der Waals surface area contributed by atoms with Crippen LogP contribution in [0.5, 0.6) is 5.75 Å². The molecule has 0 aliphatic rings. The van der Waals surface area contributed by atoms with Crippen LogP contribution in [-0.2, 0) is 22.6 Å². The van der Waals surface area contributed by atoms with Crippen molar-refractivity contribution in [1.29, 1.82) is 0 Å². The molecule has 0 aliphatic carbocycles. The van der Waals surface area contributed by atoms with E-state index >= 15 is 0 Å². The lowest BCUT2D eigenvalue weighted by molar-refractivity contribution is -0.143. The summed E-state index contributed by atoms with van der Waals surface area (Å²) >= 11 is 6.47. The first-order valence-corrected chi connectivity index (χ1v) is 13.3. The summed E-state index contributed by atoms with van der Waals surface area (Å²) in [5.74, 6) is 0.539. The van der Waals surface area contributed by atoms with E-state index < -0.39 is 6.04 Å². The Morgan fingerprint density at radius 2 is 1.57 bits per heavy atom. The molecule has 0 radical (unpaired) electrons. The van der Waals surface area contributed by atoms with Gasteiger partial charge in [0, 0.05) is 24.0 Å². The lowest BCUT2D eigenvalue weighted by Gasteiger charge is -2.32. The second kappa shape index (κ2) is 13.8. The summed E-state index contributed by atoms with van der Waals surface area (Å²) in [6.07, 6.45) is 1.17. The predicted molar refractivity (Wildman–Crippen MR) is 150 cm³/mol. The number of hydrogen-bond donors (Lipinski definition) is 1. The molecular formula is C31H37ClN2O3. The summed E-state index contributed by atoms with van der Waals surface area (Å²) in [6, 6.07) is 24.1. The number of halogens is 1. The van der Waals surface area contributed by atoms with Crippen molar-refractivity contribution in [2.24, 2.45) is 0 Å². The summed E-state index contributed by atoms with van der Waals surface area (Å²) in [5, 5.41) is 3.62. The van der Waals surface area contributed by atoms with E-state index in [9.17, 15) is 9.59 Å². The number of ether oxygens (including phenoxy) is 1. The maximum Gasteiger partial charge on any atom is 0.261 e. The van der Waals surface area contributed by atoms with Gasteiger partial charge in [0.25, 0.3) is 5.91 Å². The lowest BCUT2D eigenvalue weighted by atomic mass is 10.0. The number of nitrogens with zero attached hydrogens (tertiary/aromatic N) is 1. The maximum atomic E-state index is 13.7. The van der Waals surface area contributed by atoms with Gasteiger partial charge in [-0.25, -0.2) is 0 Å². The molecule has 196 valence electrons. The molecule has 6 heteroatoms. The van der Waals surface area contributed by atoms with Gasteiger partial charge in [-0.1, -0.05) is 93.0 Å². The SMILES string of the molecule is CC[C@H](C)NC(=O)[C@H](Cc1ccccc1)N(Cc1ccccc1Cl)C(=O)COc1ccc(C(C)C)cc1. The van der Waals surface area contributed by atoms with Gasteiger partial charge in [-0.2, -0.15) is 0 Å². The molecule has 3 aromatic rings. The Kier molecular flexibility index (Phi) is 10.6. The van der Waals surface area contributed by atoms with Crippen molar-refractivity contribution >= 4 is 23.4 Å². The van der Waals surface area contributed by atoms with E-state index in [0.29, 0.717) is 23.1 Å². The van der Waals surface area contributed by atoms with Crippen LogP contribution < -0.4 is 10.1 Å². The van der Waals surface area contributed by atoms with Crippen LogP contribution in [0.3, 0.4) is 0 Å². The summed E-state index contributed by atoms with van der Waals surface area (Å²) < 4.78 is 5.88. The van der Waals surface area contributed by atoms with Crippen molar-refractivity contribution in [2.45, 2.75) is 65.1 Å². The zero-order valence-corrected chi connectivity index (χ0v) is 22.9. The highest BCUT2D eigenvalue weighted by atomic mass is 35.5. The van der Waals surface area contributed by atoms with Crippen molar-refractivity contribution in [3.63, 3.8) is 0 Å². The largest absolute Gasteiger partial charge is 0.484 e. The van der Waals surface area contributed by atoms with Crippen molar-refractivity contribution in [3.8, 4) is 5.75 Å². The highest BCUT2D eigenvalue weighted by Crippen LogP contribution is 2.22. The normalized spacial score (nSPS) is 12.6. The van der Waals surface area contributed by atoms with Gasteiger partial charge in [0.2, 0.25) is 5.91 Å². The molecule has 0 heterocycles. The number of nitrogens with one attached hydrogen (secondary N) is 1. The molecule has 3 rings (SSSR count). The van der Waals surface area contributed by atoms with Crippen molar-refractivity contribution < 1.29 is 14.3 Å². The van der Waals surface area contributed by atoms with E-state index in [-0.39, 0.29) is 31.0 Å². The van der Waals surface area contributed by atoms with Crippen molar-refractivity contribution in [2.75, 3.05) is 6.61 Å². The van der Waals surface area contributed by atoms with Gasteiger partial charge in [0.15, 0.2) is 6.61 Å². The smallest absolute Gasteiger partial charge is 0.261 e. The molecular weight excluding hydrogens is 484 g/mol. The van der Waals surface area contributed by atoms with Crippen molar-refractivity contribution in [1.82, 2.24) is 10.2 Å². The summed E-state index contributed by atoms with van der Waals surface area (Å²) in [7, 11) is 0. The van der Waals surface area contributed by atoms with Gasteiger partial charge >= 0.3 is 0 Å². The molecule has 1 N–H and O–H groups in total. The van der Waals surface area contributed by atoms with Gasteiger partial charge in [-0.05, 0) is 54.2 Å². The lowest BCUT2D eigenvalue weighted by Crippen LogP contribution is -2.53. The molecule has 0 saturated heterocycles. The minimum absolute atomic E-state index is 0.0150. The van der Waals surface area contributed by atoms with E-state index in [2.05, 4.69) is 19.2 Å². The number of amides is 2. The molecule has 0 aromatic heterocycles. The standard InChI is InChI=1S/C31H37ClN2O3/c1-5-23(4)33-31(36)29(19-24-11-7-6-8-12-24)34(20-26-13-9-10-14-28(26)32)30(35)21-37-27-17-15-25(16-18-27)22(2)3/h6-18,22-23,29H,5,19-21H2,1-4H3,(H,33,36)/t23-,29-/m0/s1. The van der Waals surface area contributed by atoms with Crippen LogP contribution in [0.4, 0.5) is 0 Å². The van der Waals surface area contributed by atoms with E-state index in [0.717, 1.165) is 17.5 Å². The highest BCUT2D eigenvalue weighted by Gasteiger charge is 2.31. The Morgan fingerprint density at radius 3 is 2.19 bits per heavy atom. The van der Waals surface area contributed by atoms with Gasteiger partial charge in [-0.3, -0.25) is 9.59 Å². The molecule has 0 bridgehead atoms. The van der Waals surface area contributed by atoms with Crippen LogP contribution in [0.1, 0.15) is 56.7 Å². The van der Waals surface area contributed by atoms with E-state index in [1.807, 2.05) is 86.6 Å². The summed E-state index contributed by atoms with van der Waals surface area (Å²) in [5.41, 5.74) is 2.94. The third-order valence-corrected chi connectivity index (χ3v) is 6.85. The highest BCUT2D eigenvalue weighted by molar-refractivity contribution is 6.31. The van der Waals surface area contributed by atoms with E-state index in [4.69, 9.17) is 16.3 Å². The quantitative estimate of drug-likeness (QED) is 0.301. The fourth-order valence-electron chi connectivity index (χ4n) is 3.98. The molecule has 5 nitrogen and oxygen atoms in total. The maximum absolute atomic E-state index is 13.7.